The summed E-state index contributed by atoms with van der Waals surface area (Å²) in [6.07, 6.45) is 1.86. The summed E-state index contributed by atoms with van der Waals surface area (Å²) in [5, 5.41) is 30.7. The number of sulfone groups is 1. The number of carbonyl (C=O) groups excluding carboxylic acids is 6. The number of benzene rings is 7. The maximum Gasteiger partial charge on any atom is 0.254 e. The molecule has 0 radical (unpaired) electrons. The maximum atomic E-state index is 14.7. The van der Waals surface area contributed by atoms with Crippen molar-refractivity contribution in [1.82, 2.24) is 49.6 Å². The number of ketones is 1. The molecule has 1 saturated heterocycles. The lowest BCUT2D eigenvalue weighted by Gasteiger charge is -2.35. The van der Waals surface area contributed by atoms with Crippen LogP contribution in [0, 0.1) is 5.92 Å². The zero-order chi connectivity index (χ0) is 79.0. The zero-order valence-electron chi connectivity index (χ0n) is 64.7. The van der Waals surface area contributed by atoms with E-state index >= 15 is 0 Å². The summed E-state index contributed by atoms with van der Waals surface area (Å²) in [6.45, 7) is 24.3. The molecular weight excluding hydrogens is 1430 g/mol. The van der Waals surface area contributed by atoms with E-state index in [9.17, 15) is 50.7 Å². The van der Waals surface area contributed by atoms with Gasteiger partial charge in [-0.3, -0.25) is 28.8 Å². The predicted octanol–water partition coefficient (Wildman–Crippen LogP) is 10.9. The second-order valence-electron chi connectivity index (χ2n) is 29.5. The highest BCUT2D eigenvalue weighted by molar-refractivity contribution is 7.91. The van der Waals surface area contributed by atoms with Crippen LogP contribution in [0.1, 0.15) is 157 Å². The van der Waals surface area contributed by atoms with E-state index in [-0.39, 0.29) is 101 Å². The number of carbonyl (C=O) groups is 6. The number of nitrogens with zero attached hydrogens (tertiary/aromatic N) is 8. The summed E-state index contributed by atoms with van der Waals surface area (Å²) in [5.41, 5.74) is 7.57. The molecule has 4 N–H and O–H groups in total. The maximum absolute atomic E-state index is 14.7. The average molecular weight is 1540 g/mol. The van der Waals surface area contributed by atoms with Gasteiger partial charge in [0.2, 0.25) is 48.8 Å². The number of aliphatic hydroxyl groups is 1. The molecule has 1 aromatic heterocycles. The summed E-state index contributed by atoms with van der Waals surface area (Å²) in [6, 6.07) is 45.7. The third-order valence-electron chi connectivity index (χ3n) is 20.3. The molecule has 1 unspecified atom stereocenters. The first-order chi connectivity index (χ1) is 52.6. The SMILES string of the molecule is CCN(CC)c1ccc2c(-c3ccccc3C(=O)N3CCN(C(=O)CCC(=O)NCCCCCC(=O)N[C@@H](Cc4ccc(C(=O)c5ccccc5)cc4)C(=O)NCc4cn([C@@H](C)C(O)CN(CC(C)C)S(=O)(=O)c5cccc(S(=O)(=O)c6ccc(C(C)(C)C)cc6)c5)nn4)CC3)c3ccc(=[N+](CC)CC)cc-3oc2c1. The van der Waals surface area contributed by atoms with Crippen molar-refractivity contribution in [2.24, 2.45) is 5.92 Å². The topological polar surface area (TPSA) is 287 Å². The summed E-state index contributed by atoms with van der Waals surface area (Å²) in [7, 11) is -8.48. The molecule has 582 valence electrons. The molecule has 6 aromatic carbocycles. The molecule has 3 atom stereocenters. The van der Waals surface area contributed by atoms with Gasteiger partial charge in [0.15, 0.2) is 5.78 Å². The molecule has 2 aliphatic heterocycles. The Hall–Kier alpha value is -10.2. The molecule has 1 fully saturated rings. The third-order valence-corrected chi connectivity index (χ3v) is 23.9. The van der Waals surface area contributed by atoms with Crippen LogP contribution in [-0.2, 0) is 57.4 Å². The van der Waals surface area contributed by atoms with E-state index in [0.29, 0.717) is 79.9 Å². The smallest absolute Gasteiger partial charge is 0.254 e. The third kappa shape index (κ3) is 20.2. The van der Waals surface area contributed by atoms with Crippen molar-refractivity contribution in [3.8, 4) is 22.5 Å². The van der Waals surface area contributed by atoms with Gasteiger partial charge in [-0.05, 0) is 130 Å². The van der Waals surface area contributed by atoms with Crippen molar-refractivity contribution in [2.75, 3.05) is 76.9 Å². The van der Waals surface area contributed by atoms with Gasteiger partial charge in [0.25, 0.3) is 5.91 Å². The Morgan fingerprint density at radius 1 is 0.645 bits per heavy atom. The largest absolute Gasteiger partial charge is 0.456 e. The predicted molar refractivity (Wildman–Crippen MR) is 427 cm³/mol. The lowest BCUT2D eigenvalue weighted by molar-refractivity contribution is -0.134. The van der Waals surface area contributed by atoms with Gasteiger partial charge >= 0.3 is 0 Å². The zero-order valence-corrected chi connectivity index (χ0v) is 66.4. The molecule has 3 aliphatic rings. The number of piperazine rings is 1. The molecule has 1 aliphatic carbocycles. The van der Waals surface area contributed by atoms with Crippen molar-refractivity contribution in [3.63, 3.8) is 0 Å². The summed E-state index contributed by atoms with van der Waals surface area (Å²) < 4.78 is 68.0. The van der Waals surface area contributed by atoms with E-state index in [4.69, 9.17) is 4.42 Å². The Morgan fingerprint density at radius 3 is 2.00 bits per heavy atom. The highest BCUT2D eigenvalue weighted by Gasteiger charge is 2.34. The minimum Gasteiger partial charge on any atom is -0.456 e. The summed E-state index contributed by atoms with van der Waals surface area (Å²) in [4.78, 5) is 87.7. The average Bonchev–Trinajstić information content (AvgIpc) is 0.863. The lowest BCUT2D eigenvalue weighted by atomic mass is 9.87. The molecule has 23 nitrogen and oxygen atoms in total. The van der Waals surface area contributed by atoms with Crippen LogP contribution in [0.15, 0.2) is 189 Å². The molecule has 0 bridgehead atoms. The quantitative estimate of drug-likeness (QED) is 0.0126. The molecule has 25 heteroatoms. The van der Waals surface area contributed by atoms with E-state index in [1.54, 1.807) is 77.4 Å². The molecule has 5 amide bonds. The van der Waals surface area contributed by atoms with Crippen molar-refractivity contribution in [2.45, 2.75) is 159 Å². The van der Waals surface area contributed by atoms with Gasteiger partial charge < -0.3 is 40.2 Å². The van der Waals surface area contributed by atoms with Gasteiger partial charge in [-0.25, -0.2) is 26.1 Å². The highest BCUT2D eigenvalue weighted by Crippen LogP contribution is 2.43. The number of unbranched alkanes of at least 4 members (excludes halogenated alkanes) is 2. The van der Waals surface area contributed by atoms with Gasteiger partial charge in [0.1, 0.15) is 36.2 Å². The first-order valence-electron chi connectivity index (χ1n) is 38.2. The molecule has 10 rings (SSSR count). The number of aliphatic hydroxyl groups excluding tert-OH is 1. The second kappa shape index (κ2) is 37.0. The van der Waals surface area contributed by atoms with Crippen LogP contribution >= 0.6 is 0 Å². The van der Waals surface area contributed by atoms with Crippen LogP contribution in [0.2, 0.25) is 0 Å². The fraction of sp³-hybridized carbons (Fsp3) is 0.400. The number of aromatic nitrogens is 3. The Bertz CT molecular complexity index is 5000. The van der Waals surface area contributed by atoms with E-state index in [1.165, 1.54) is 41.2 Å². The van der Waals surface area contributed by atoms with E-state index < -0.39 is 44.0 Å². The van der Waals surface area contributed by atoms with Crippen LogP contribution in [0.3, 0.4) is 0 Å². The first-order valence-corrected chi connectivity index (χ1v) is 41.1. The second-order valence-corrected chi connectivity index (χ2v) is 33.3. The monoisotopic (exact) mass is 1530 g/mol. The molecule has 0 spiro atoms. The van der Waals surface area contributed by atoms with Crippen molar-refractivity contribution < 1.29 is 55.1 Å². The number of rotatable bonds is 34. The number of anilines is 1. The van der Waals surface area contributed by atoms with Crippen LogP contribution < -0.4 is 30.8 Å². The van der Waals surface area contributed by atoms with Crippen molar-refractivity contribution >= 4 is 71.8 Å². The fourth-order valence-electron chi connectivity index (χ4n) is 13.8. The van der Waals surface area contributed by atoms with Crippen molar-refractivity contribution in [1.29, 1.82) is 0 Å². The van der Waals surface area contributed by atoms with E-state index in [0.717, 1.165) is 86.6 Å². The lowest BCUT2D eigenvalue weighted by Crippen LogP contribution is -2.50. The molecule has 0 saturated carbocycles. The highest BCUT2D eigenvalue weighted by atomic mass is 32.2. The van der Waals surface area contributed by atoms with Crippen molar-refractivity contribution in [3.05, 3.63) is 209 Å². The Kier molecular flexibility index (Phi) is 27.7. The van der Waals surface area contributed by atoms with Crippen LogP contribution in [0.5, 0.6) is 0 Å². The van der Waals surface area contributed by atoms with Crippen LogP contribution in [0.4, 0.5) is 5.69 Å². The van der Waals surface area contributed by atoms with E-state index in [1.807, 2.05) is 65.0 Å². The van der Waals surface area contributed by atoms with Gasteiger partial charge in [-0.1, -0.05) is 137 Å². The molecule has 7 aromatic rings. The minimum atomic E-state index is -4.37. The van der Waals surface area contributed by atoms with Gasteiger partial charge in [-0.2, -0.15) is 4.31 Å². The first kappa shape index (κ1) is 82.3. The Labute approximate surface area is 646 Å². The number of sulfonamides is 1. The van der Waals surface area contributed by atoms with E-state index in [2.05, 4.69) is 99.8 Å². The number of nitrogens with one attached hydrogen (secondary N) is 3. The normalized spacial score (nSPS) is 13.6. The summed E-state index contributed by atoms with van der Waals surface area (Å²) in [5.74, 6) is -1.16. The van der Waals surface area contributed by atoms with Crippen LogP contribution in [0.25, 0.3) is 33.4 Å². The van der Waals surface area contributed by atoms with Gasteiger partial charge in [0, 0.05) is 136 Å². The number of hydrogen-bond acceptors (Lipinski definition) is 15. The molecule has 3 heterocycles. The van der Waals surface area contributed by atoms with Gasteiger partial charge in [0.05, 0.1) is 45.6 Å². The van der Waals surface area contributed by atoms with Crippen LogP contribution in [-0.4, -0.2) is 170 Å². The number of fused-ring (bicyclic) bond motifs is 2. The number of hydrogen-bond donors (Lipinski definition) is 4. The standard InChI is InChI=1S/C85H103N11O12S2/c1-11-91(12-2)65-37-41-72-76(51-65)108-77-52-66(92(13-3)14-4)38-42-73(77)81(72)70-28-20-21-29-71(70)84(103)94-48-46-93(47-49-94)80(100)44-43-78(98)86-45-22-16-19-30-79(99)88-74(50-60-31-33-62(34-32-60)82(101)61-24-17-15-18-25-61)83(102)87-54-64-56-96(90-89-64)59(7)75(97)57-95(55-58(5)6)110(106,107)69-27-23-26-68(53-69)109(104,105)67-39-35-63(36-40-67)85(8,9)10/h15,17-18,20-21,23-29,31-42,51-53,56,58-59,74-75,97H,11-14,16,19,22,30,43-50,54-55,57H2,1-10H3,(H2-,86,87,88,98,99,102)/p+1/t59-,74-,75?/m0/s1. The Morgan fingerprint density at radius 2 is 1.32 bits per heavy atom. The summed E-state index contributed by atoms with van der Waals surface area (Å²) >= 11 is 0. The molecular formula is C85H104N11O12S2+. The minimum absolute atomic E-state index is 0.000743. The molecule has 110 heavy (non-hydrogen) atoms. The fourth-order valence-corrected chi connectivity index (χ4v) is 16.9. The number of amides is 5. The van der Waals surface area contributed by atoms with Gasteiger partial charge in [-0.15, -0.1) is 5.10 Å². The Balaban J connectivity index is 0.700.